The summed E-state index contributed by atoms with van der Waals surface area (Å²) in [5, 5.41) is 2.96. The number of carbonyl (C=O) groups excluding carboxylic acids is 2. The third-order valence-corrected chi connectivity index (χ3v) is 6.12. The Balaban J connectivity index is 1.95. The van der Waals surface area contributed by atoms with Crippen molar-refractivity contribution in [1.29, 1.82) is 0 Å². The number of amides is 2. The van der Waals surface area contributed by atoms with Gasteiger partial charge in [0.05, 0.1) is 12.9 Å². The number of methoxy groups -OCH3 is 1. The number of unbranched alkanes of at least 4 members (excludes halogenated alkanes) is 1. The summed E-state index contributed by atoms with van der Waals surface area (Å²) in [6, 6.07) is 17.4. The number of thioether (sulfide) groups is 1. The Bertz CT molecular complexity index is 796. The average molecular weight is 443 g/mol. The van der Waals surface area contributed by atoms with Gasteiger partial charge in [-0.05, 0) is 43.0 Å². The van der Waals surface area contributed by atoms with E-state index in [1.54, 1.807) is 23.8 Å². The van der Waals surface area contributed by atoms with Crippen molar-refractivity contribution in [3.63, 3.8) is 0 Å². The molecule has 168 valence electrons. The molecular formula is C25H34N2O3S. The lowest BCUT2D eigenvalue weighted by atomic mass is 10.1. The third-order valence-electron chi connectivity index (χ3n) is 5.13. The molecule has 1 atom stereocenters. The van der Waals surface area contributed by atoms with Crippen LogP contribution in [0.15, 0.2) is 54.6 Å². The molecule has 0 saturated heterocycles. The van der Waals surface area contributed by atoms with Gasteiger partial charge in [0, 0.05) is 18.8 Å². The van der Waals surface area contributed by atoms with E-state index in [0.717, 1.165) is 41.9 Å². The first kappa shape index (κ1) is 24.8. The molecule has 0 aromatic heterocycles. The van der Waals surface area contributed by atoms with Gasteiger partial charge in [0.25, 0.3) is 0 Å². The minimum absolute atomic E-state index is 0.00687. The van der Waals surface area contributed by atoms with Crippen molar-refractivity contribution in [3.05, 3.63) is 65.7 Å². The molecule has 0 radical (unpaired) electrons. The van der Waals surface area contributed by atoms with E-state index in [1.807, 2.05) is 61.5 Å². The molecule has 0 fully saturated rings. The Hall–Kier alpha value is -2.47. The first-order chi connectivity index (χ1) is 15.0. The molecule has 5 nitrogen and oxygen atoms in total. The summed E-state index contributed by atoms with van der Waals surface area (Å²) in [6.07, 6.45) is 2.68. The van der Waals surface area contributed by atoms with Crippen molar-refractivity contribution in [2.45, 2.75) is 44.9 Å². The zero-order valence-electron chi connectivity index (χ0n) is 18.8. The first-order valence-corrected chi connectivity index (χ1v) is 12.0. The molecule has 0 aliphatic rings. The summed E-state index contributed by atoms with van der Waals surface area (Å²) in [6.45, 7) is 5.07. The van der Waals surface area contributed by atoms with E-state index in [0.29, 0.717) is 18.8 Å². The molecule has 0 spiro atoms. The number of benzene rings is 2. The maximum absolute atomic E-state index is 13.0. The molecule has 2 amide bonds. The number of rotatable bonds is 13. The standard InChI is InChI=1S/C25H34N2O3S/c1-4-5-16-26-25(29)20(2)27(17-15-21-9-7-6-8-10-21)24(28)19-31-18-22-11-13-23(30-3)14-12-22/h6-14,20H,4-5,15-19H2,1-3H3,(H,26,29)/t20-/m0/s1. The second-order valence-corrected chi connectivity index (χ2v) is 8.47. The van der Waals surface area contributed by atoms with E-state index in [1.165, 1.54) is 0 Å². The highest BCUT2D eigenvalue weighted by Crippen LogP contribution is 2.17. The summed E-state index contributed by atoms with van der Waals surface area (Å²) in [5.41, 5.74) is 2.30. The lowest BCUT2D eigenvalue weighted by Crippen LogP contribution is -2.49. The molecule has 0 unspecified atom stereocenters. The van der Waals surface area contributed by atoms with E-state index >= 15 is 0 Å². The lowest BCUT2D eigenvalue weighted by Gasteiger charge is -2.28. The highest BCUT2D eigenvalue weighted by atomic mass is 32.2. The molecule has 1 N–H and O–H groups in total. The van der Waals surface area contributed by atoms with Gasteiger partial charge in [-0.25, -0.2) is 0 Å². The SMILES string of the molecule is CCCCNC(=O)[C@H](C)N(CCc1ccccc1)C(=O)CSCc1ccc(OC)cc1. The lowest BCUT2D eigenvalue weighted by molar-refractivity contribution is -0.137. The second-order valence-electron chi connectivity index (χ2n) is 7.48. The number of ether oxygens (including phenoxy) is 1. The van der Waals surface area contributed by atoms with E-state index in [-0.39, 0.29) is 11.8 Å². The quantitative estimate of drug-likeness (QED) is 0.470. The summed E-state index contributed by atoms with van der Waals surface area (Å²) in [4.78, 5) is 27.4. The van der Waals surface area contributed by atoms with Gasteiger partial charge >= 0.3 is 0 Å². The van der Waals surface area contributed by atoms with Crippen LogP contribution in [-0.4, -0.2) is 48.7 Å². The molecule has 0 aliphatic carbocycles. The van der Waals surface area contributed by atoms with E-state index in [2.05, 4.69) is 12.2 Å². The molecule has 6 heteroatoms. The number of nitrogens with one attached hydrogen (secondary N) is 1. The normalized spacial score (nSPS) is 11.6. The average Bonchev–Trinajstić information content (AvgIpc) is 2.80. The highest BCUT2D eigenvalue weighted by molar-refractivity contribution is 7.99. The Kier molecular flexibility index (Phi) is 11.0. The largest absolute Gasteiger partial charge is 0.497 e. The molecule has 0 bridgehead atoms. The number of carbonyl (C=O) groups is 2. The summed E-state index contributed by atoms with van der Waals surface area (Å²) >= 11 is 1.56. The molecule has 2 aromatic rings. The smallest absolute Gasteiger partial charge is 0.242 e. The van der Waals surface area contributed by atoms with Crippen LogP contribution in [-0.2, 0) is 21.8 Å². The Morgan fingerprint density at radius 1 is 1.06 bits per heavy atom. The summed E-state index contributed by atoms with van der Waals surface area (Å²) < 4.78 is 5.19. The predicted molar refractivity (Wildman–Crippen MR) is 128 cm³/mol. The van der Waals surface area contributed by atoms with Gasteiger partial charge in [0.2, 0.25) is 11.8 Å². The maximum atomic E-state index is 13.0. The van der Waals surface area contributed by atoms with Crippen LogP contribution in [0, 0.1) is 0 Å². The minimum Gasteiger partial charge on any atom is -0.497 e. The number of nitrogens with zero attached hydrogens (tertiary/aromatic N) is 1. The van der Waals surface area contributed by atoms with Crippen LogP contribution >= 0.6 is 11.8 Å². The molecule has 0 saturated carbocycles. The van der Waals surface area contributed by atoms with Crippen LogP contribution < -0.4 is 10.1 Å². The van der Waals surface area contributed by atoms with Crippen molar-refractivity contribution in [2.75, 3.05) is 26.0 Å². The van der Waals surface area contributed by atoms with Gasteiger partial charge in [-0.2, -0.15) is 0 Å². The van der Waals surface area contributed by atoms with Crippen molar-refractivity contribution in [1.82, 2.24) is 10.2 Å². The topological polar surface area (TPSA) is 58.6 Å². The second kappa shape index (κ2) is 13.8. The van der Waals surface area contributed by atoms with Crippen molar-refractivity contribution in [2.24, 2.45) is 0 Å². The fourth-order valence-corrected chi connectivity index (χ4v) is 4.04. The summed E-state index contributed by atoms with van der Waals surface area (Å²) in [7, 11) is 1.64. The van der Waals surface area contributed by atoms with Gasteiger partial charge < -0.3 is 15.0 Å². The van der Waals surface area contributed by atoms with Crippen LogP contribution in [0.5, 0.6) is 5.75 Å². The van der Waals surface area contributed by atoms with Gasteiger partial charge in [-0.15, -0.1) is 11.8 Å². The van der Waals surface area contributed by atoms with E-state index < -0.39 is 6.04 Å². The summed E-state index contributed by atoms with van der Waals surface area (Å²) in [5.74, 6) is 1.80. The van der Waals surface area contributed by atoms with Crippen molar-refractivity contribution >= 4 is 23.6 Å². The van der Waals surface area contributed by atoms with Gasteiger partial charge in [-0.3, -0.25) is 9.59 Å². The van der Waals surface area contributed by atoms with Crippen molar-refractivity contribution in [3.8, 4) is 5.75 Å². The Labute approximate surface area is 190 Å². The maximum Gasteiger partial charge on any atom is 0.242 e. The molecule has 2 aromatic carbocycles. The minimum atomic E-state index is -0.491. The zero-order chi connectivity index (χ0) is 22.5. The number of hydrogen-bond donors (Lipinski definition) is 1. The van der Waals surface area contributed by atoms with Crippen molar-refractivity contribution < 1.29 is 14.3 Å². The monoisotopic (exact) mass is 442 g/mol. The van der Waals surface area contributed by atoms with Gasteiger partial charge in [-0.1, -0.05) is 55.8 Å². The Morgan fingerprint density at radius 2 is 1.77 bits per heavy atom. The first-order valence-electron chi connectivity index (χ1n) is 10.9. The molecule has 2 rings (SSSR count). The number of hydrogen-bond acceptors (Lipinski definition) is 4. The molecule has 0 aliphatic heterocycles. The van der Waals surface area contributed by atoms with E-state index in [4.69, 9.17) is 4.74 Å². The van der Waals surface area contributed by atoms with Gasteiger partial charge in [0.15, 0.2) is 0 Å². The fourth-order valence-electron chi connectivity index (χ4n) is 3.17. The fraction of sp³-hybridized carbons (Fsp3) is 0.440. The van der Waals surface area contributed by atoms with Crippen LogP contribution in [0.3, 0.4) is 0 Å². The highest BCUT2D eigenvalue weighted by Gasteiger charge is 2.25. The van der Waals surface area contributed by atoms with Gasteiger partial charge in [0.1, 0.15) is 11.8 Å². The van der Waals surface area contributed by atoms with Crippen LogP contribution in [0.2, 0.25) is 0 Å². The molecular weight excluding hydrogens is 408 g/mol. The van der Waals surface area contributed by atoms with E-state index in [9.17, 15) is 9.59 Å². The van der Waals surface area contributed by atoms with Crippen LogP contribution in [0.4, 0.5) is 0 Å². The third kappa shape index (κ3) is 8.66. The van der Waals surface area contributed by atoms with Crippen LogP contribution in [0.25, 0.3) is 0 Å². The zero-order valence-corrected chi connectivity index (χ0v) is 19.6. The van der Waals surface area contributed by atoms with Crippen LogP contribution in [0.1, 0.15) is 37.8 Å². The predicted octanol–water partition coefficient (Wildman–Crippen LogP) is 4.30. The molecule has 0 heterocycles. The Morgan fingerprint density at radius 3 is 2.42 bits per heavy atom. The molecule has 31 heavy (non-hydrogen) atoms.